The van der Waals surface area contributed by atoms with Gasteiger partial charge >= 0.3 is 0 Å². The molecule has 1 aromatic heterocycles. The van der Waals surface area contributed by atoms with Crippen molar-refractivity contribution in [3.8, 4) is 5.75 Å². The summed E-state index contributed by atoms with van der Waals surface area (Å²) in [6, 6.07) is 9.33. The van der Waals surface area contributed by atoms with Gasteiger partial charge in [-0.2, -0.15) is 0 Å². The number of hydrogen-bond acceptors (Lipinski definition) is 4. The number of carbonyl (C=O) groups excluding carboxylic acids is 1. The maximum atomic E-state index is 13.5. The molecular weight excluding hydrogens is 311 g/mol. The second-order valence-electron chi connectivity index (χ2n) is 5.87. The Hall–Kier alpha value is -2.47. The maximum absolute atomic E-state index is 13.5. The number of carbonyl (C=O) groups is 1. The van der Waals surface area contributed by atoms with Crippen molar-refractivity contribution < 1.29 is 19.0 Å². The molecule has 0 bridgehead atoms. The molecule has 126 valence electrons. The number of hydrogen-bond donors (Lipinski definition) is 1. The number of halogens is 1. The Bertz CT molecular complexity index is 720. The number of aromatic nitrogens is 1. The molecule has 1 aromatic carbocycles. The summed E-state index contributed by atoms with van der Waals surface area (Å²) in [5, 5.41) is 9.96. The second kappa shape index (κ2) is 6.97. The predicted octanol–water partition coefficient (Wildman–Crippen LogP) is 2.11. The smallest absolute Gasteiger partial charge is 0.229 e. The standard InChI is InChI=1S/C18H19FN2O3/c1-24-16-6-5-14(20-10-16)8-18(23)21-11-15(22)9-17(21)12-3-2-4-13(19)7-12/h2-7,10,15,17,22H,8-9,11H2,1H3. The zero-order valence-corrected chi connectivity index (χ0v) is 13.4. The number of aliphatic hydroxyl groups excluding tert-OH is 1. The van der Waals surface area contributed by atoms with Gasteiger partial charge < -0.3 is 14.7 Å². The van der Waals surface area contributed by atoms with Crippen molar-refractivity contribution in [1.29, 1.82) is 0 Å². The highest BCUT2D eigenvalue weighted by Crippen LogP contribution is 2.33. The van der Waals surface area contributed by atoms with E-state index in [9.17, 15) is 14.3 Å². The molecule has 0 radical (unpaired) electrons. The number of rotatable bonds is 4. The van der Waals surface area contributed by atoms with Gasteiger partial charge in [0.2, 0.25) is 5.91 Å². The van der Waals surface area contributed by atoms with Gasteiger partial charge in [-0.1, -0.05) is 12.1 Å². The number of nitrogens with zero attached hydrogens (tertiary/aromatic N) is 2. The summed E-state index contributed by atoms with van der Waals surface area (Å²) >= 11 is 0. The summed E-state index contributed by atoms with van der Waals surface area (Å²) in [5.41, 5.74) is 1.32. The first kappa shape index (κ1) is 16.4. The van der Waals surface area contributed by atoms with E-state index in [1.165, 1.54) is 12.1 Å². The van der Waals surface area contributed by atoms with Gasteiger partial charge in [0.05, 0.1) is 31.9 Å². The molecule has 0 saturated carbocycles. The average Bonchev–Trinajstić information content (AvgIpc) is 2.98. The zero-order valence-electron chi connectivity index (χ0n) is 13.4. The molecule has 3 rings (SSSR count). The molecule has 0 aliphatic carbocycles. The predicted molar refractivity (Wildman–Crippen MR) is 86.0 cm³/mol. The first-order valence-electron chi connectivity index (χ1n) is 7.78. The summed E-state index contributed by atoms with van der Waals surface area (Å²) in [5.74, 6) is 0.136. The van der Waals surface area contributed by atoms with Gasteiger partial charge in [0.1, 0.15) is 11.6 Å². The van der Waals surface area contributed by atoms with Crippen molar-refractivity contribution in [3.63, 3.8) is 0 Å². The molecule has 2 heterocycles. The largest absolute Gasteiger partial charge is 0.495 e. The van der Waals surface area contributed by atoms with Crippen molar-refractivity contribution in [3.05, 3.63) is 59.7 Å². The van der Waals surface area contributed by atoms with E-state index in [0.29, 0.717) is 23.4 Å². The molecule has 6 heteroatoms. The number of benzene rings is 1. The van der Waals surface area contributed by atoms with Gasteiger partial charge in [-0.3, -0.25) is 9.78 Å². The van der Waals surface area contributed by atoms with Crippen LogP contribution in [0.3, 0.4) is 0 Å². The van der Waals surface area contributed by atoms with Gasteiger partial charge in [0.15, 0.2) is 0 Å². The third-order valence-electron chi connectivity index (χ3n) is 4.20. The minimum Gasteiger partial charge on any atom is -0.495 e. The SMILES string of the molecule is COc1ccc(CC(=O)N2CC(O)CC2c2cccc(F)c2)nc1. The number of pyridine rings is 1. The van der Waals surface area contributed by atoms with Crippen molar-refractivity contribution in [2.45, 2.75) is 25.0 Å². The molecule has 5 nitrogen and oxygen atoms in total. The van der Waals surface area contributed by atoms with E-state index in [2.05, 4.69) is 4.98 Å². The number of ether oxygens (including phenoxy) is 1. The van der Waals surface area contributed by atoms with E-state index in [-0.39, 0.29) is 30.7 Å². The summed E-state index contributed by atoms with van der Waals surface area (Å²) in [7, 11) is 1.55. The fraction of sp³-hybridized carbons (Fsp3) is 0.333. The molecule has 1 N–H and O–H groups in total. The topological polar surface area (TPSA) is 62.7 Å². The lowest BCUT2D eigenvalue weighted by molar-refractivity contribution is -0.131. The highest BCUT2D eigenvalue weighted by atomic mass is 19.1. The summed E-state index contributed by atoms with van der Waals surface area (Å²) in [6.45, 7) is 0.246. The first-order valence-corrected chi connectivity index (χ1v) is 7.78. The number of methoxy groups -OCH3 is 1. The molecule has 1 fully saturated rings. The molecule has 2 unspecified atom stereocenters. The highest BCUT2D eigenvalue weighted by molar-refractivity contribution is 5.79. The molecule has 1 amide bonds. The third-order valence-corrected chi connectivity index (χ3v) is 4.20. The van der Waals surface area contributed by atoms with E-state index < -0.39 is 6.10 Å². The van der Waals surface area contributed by atoms with Crippen LogP contribution >= 0.6 is 0 Å². The summed E-state index contributed by atoms with van der Waals surface area (Å²) in [4.78, 5) is 18.4. The van der Waals surface area contributed by atoms with Crippen molar-refractivity contribution in [1.82, 2.24) is 9.88 Å². The third kappa shape index (κ3) is 3.54. The van der Waals surface area contributed by atoms with Crippen LogP contribution in [0.4, 0.5) is 4.39 Å². The Morgan fingerprint density at radius 1 is 1.42 bits per heavy atom. The first-order chi connectivity index (χ1) is 11.6. The van der Waals surface area contributed by atoms with Gasteiger partial charge in [-0.05, 0) is 36.2 Å². The fourth-order valence-corrected chi connectivity index (χ4v) is 3.01. The highest BCUT2D eigenvalue weighted by Gasteiger charge is 2.35. The molecule has 1 aliphatic heterocycles. The molecule has 1 aliphatic rings. The second-order valence-corrected chi connectivity index (χ2v) is 5.87. The van der Waals surface area contributed by atoms with E-state index in [4.69, 9.17) is 4.74 Å². The van der Waals surface area contributed by atoms with Gasteiger partial charge in [-0.25, -0.2) is 4.39 Å². The quantitative estimate of drug-likeness (QED) is 0.933. The average molecular weight is 330 g/mol. The molecule has 0 spiro atoms. The molecule has 2 atom stereocenters. The van der Waals surface area contributed by atoms with Crippen LogP contribution in [0.2, 0.25) is 0 Å². The Balaban J connectivity index is 1.76. The maximum Gasteiger partial charge on any atom is 0.229 e. The molecule has 2 aromatic rings. The van der Waals surface area contributed by atoms with E-state index in [1.807, 2.05) is 0 Å². The summed E-state index contributed by atoms with van der Waals surface area (Å²) < 4.78 is 18.5. The van der Waals surface area contributed by atoms with E-state index in [1.54, 1.807) is 42.5 Å². The van der Waals surface area contributed by atoms with Gasteiger partial charge in [-0.15, -0.1) is 0 Å². The van der Waals surface area contributed by atoms with Crippen LogP contribution < -0.4 is 4.74 Å². The Morgan fingerprint density at radius 3 is 2.92 bits per heavy atom. The molecule has 1 saturated heterocycles. The van der Waals surface area contributed by atoms with Crippen molar-refractivity contribution >= 4 is 5.91 Å². The number of amides is 1. The fourth-order valence-electron chi connectivity index (χ4n) is 3.01. The number of β-amino-alcohol motifs (C(OH)–C–C–N with tert-alkyl or cyclic N) is 1. The zero-order chi connectivity index (χ0) is 17.1. The monoisotopic (exact) mass is 330 g/mol. The number of likely N-dealkylation sites (tertiary alicyclic amines) is 1. The van der Waals surface area contributed by atoms with Crippen LogP contribution in [-0.4, -0.2) is 40.7 Å². The van der Waals surface area contributed by atoms with Crippen LogP contribution in [0.15, 0.2) is 42.6 Å². The Kier molecular flexibility index (Phi) is 4.76. The van der Waals surface area contributed by atoms with E-state index >= 15 is 0 Å². The van der Waals surface area contributed by atoms with E-state index in [0.717, 1.165) is 0 Å². The Labute approximate surface area is 139 Å². The van der Waals surface area contributed by atoms with Crippen molar-refractivity contribution in [2.24, 2.45) is 0 Å². The lowest BCUT2D eigenvalue weighted by Crippen LogP contribution is -2.33. The van der Waals surface area contributed by atoms with Crippen LogP contribution in [0, 0.1) is 5.82 Å². The summed E-state index contributed by atoms with van der Waals surface area (Å²) in [6.07, 6.45) is 1.49. The van der Waals surface area contributed by atoms with Gasteiger partial charge in [0, 0.05) is 12.2 Å². The minimum absolute atomic E-state index is 0.128. The lowest BCUT2D eigenvalue weighted by atomic mass is 10.0. The van der Waals surface area contributed by atoms with Gasteiger partial charge in [0.25, 0.3) is 0 Å². The minimum atomic E-state index is -0.606. The molecule has 24 heavy (non-hydrogen) atoms. The normalized spacial score (nSPS) is 20.2. The van der Waals surface area contributed by atoms with Crippen LogP contribution in [-0.2, 0) is 11.2 Å². The van der Waals surface area contributed by atoms with Crippen molar-refractivity contribution in [2.75, 3.05) is 13.7 Å². The van der Waals surface area contributed by atoms with Crippen LogP contribution in [0.25, 0.3) is 0 Å². The number of aliphatic hydroxyl groups is 1. The Morgan fingerprint density at radius 2 is 2.25 bits per heavy atom. The van der Waals surface area contributed by atoms with Crippen LogP contribution in [0.1, 0.15) is 23.7 Å². The van der Waals surface area contributed by atoms with Crippen LogP contribution in [0.5, 0.6) is 5.75 Å². The molecular formula is C18H19FN2O3. The lowest BCUT2D eigenvalue weighted by Gasteiger charge is -2.24.